The lowest BCUT2D eigenvalue weighted by atomic mass is 10.2. The fourth-order valence-electron chi connectivity index (χ4n) is 2.69. The summed E-state index contributed by atoms with van der Waals surface area (Å²) in [5.74, 6) is -1.08. The number of ether oxygens (including phenoxy) is 1. The first-order chi connectivity index (χ1) is 12.9. The lowest BCUT2D eigenvalue weighted by Crippen LogP contribution is -2.23. The van der Waals surface area contributed by atoms with Crippen LogP contribution >= 0.6 is 23.2 Å². The molecule has 0 aliphatic carbocycles. The van der Waals surface area contributed by atoms with Gasteiger partial charge in [0.25, 0.3) is 5.91 Å². The van der Waals surface area contributed by atoms with Gasteiger partial charge in [-0.3, -0.25) is 9.59 Å². The molecular weight excluding hydrogens is 391 g/mol. The molecule has 27 heavy (non-hydrogen) atoms. The van der Waals surface area contributed by atoms with Gasteiger partial charge in [-0.05, 0) is 48.9 Å². The molecule has 1 N–H and O–H groups in total. The van der Waals surface area contributed by atoms with Crippen LogP contribution in [0.2, 0.25) is 10.0 Å². The van der Waals surface area contributed by atoms with Crippen LogP contribution in [-0.4, -0.2) is 30.9 Å². The van der Waals surface area contributed by atoms with Gasteiger partial charge in [0.2, 0.25) is 5.91 Å². The van der Waals surface area contributed by atoms with Crippen LogP contribution in [-0.2, 0) is 14.3 Å². The molecule has 140 valence electrons. The summed E-state index contributed by atoms with van der Waals surface area (Å²) in [7, 11) is 0. The van der Waals surface area contributed by atoms with Crippen molar-refractivity contribution < 1.29 is 19.1 Å². The summed E-state index contributed by atoms with van der Waals surface area (Å²) in [6.07, 6.45) is 1.37. The van der Waals surface area contributed by atoms with E-state index in [4.69, 9.17) is 27.9 Å². The van der Waals surface area contributed by atoms with E-state index in [0.717, 1.165) is 12.1 Å². The molecule has 6 nitrogen and oxygen atoms in total. The second kappa shape index (κ2) is 8.41. The summed E-state index contributed by atoms with van der Waals surface area (Å²) in [5.41, 5.74) is 1.41. The van der Waals surface area contributed by atoms with Crippen LogP contribution in [0.3, 0.4) is 0 Å². The fourth-order valence-corrected chi connectivity index (χ4v) is 3.15. The topological polar surface area (TPSA) is 75.7 Å². The first kappa shape index (κ1) is 19.2. The number of anilines is 2. The molecule has 1 saturated heterocycles. The van der Waals surface area contributed by atoms with E-state index in [0.29, 0.717) is 29.2 Å². The number of carbonyl (C=O) groups is 3. The Kier molecular flexibility index (Phi) is 5.98. The molecule has 2 aromatic rings. The minimum atomic E-state index is -0.633. The van der Waals surface area contributed by atoms with Crippen molar-refractivity contribution in [2.24, 2.45) is 0 Å². The number of hydrogen-bond acceptors (Lipinski definition) is 4. The van der Waals surface area contributed by atoms with Crippen molar-refractivity contribution in [1.29, 1.82) is 0 Å². The summed E-state index contributed by atoms with van der Waals surface area (Å²) < 4.78 is 5.01. The highest BCUT2D eigenvalue weighted by molar-refractivity contribution is 6.36. The Morgan fingerprint density at radius 2 is 1.85 bits per heavy atom. The third-order valence-electron chi connectivity index (χ3n) is 4.03. The summed E-state index contributed by atoms with van der Waals surface area (Å²) in [6, 6.07) is 11.1. The van der Waals surface area contributed by atoms with Gasteiger partial charge in [0.1, 0.15) is 0 Å². The molecule has 8 heteroatoms. The van der Waals surface area contributed by atoms with Crippen molar-refractivity contribution in [3.05, 3.63) is 58.1 Å². The average Bonchev–Trinajstić information content (AvgIpc) is 3.08. The molecular formula is C19H16Cl2N2O4. The summed E-state index contributed by atoms with van der Waals surface area (Å²) in [6.45, 7) is 0.222. The number of nitrogens with zero attached hydrogens (tertiary/aromatic N) is 1. The first-order valence-corrected chi connectivity index (χ1v) is 9.02. The maximum absolute atomic E-state index is 12.1. The van der Waals surface area contributed by atoms with E-state index in [9.17, 15) is 14.4 Å². The molecule has 1 heterocycles. The quantitative estimate of drug-likeness (QED) is 0.763. The largest absolute Gasteiger partial charge is 0.452 e. The molecule has 0 unspecified atom stereocenters. The Balaban J connectivity index is 1.54. The van der Waals surface area contributed by atoms with Crippen molar-refractivity contribution in [3.8, 4) is 0 Å². The van der Waals surface area contributed by atoms with Gasteiger partial charge in [0.15, 0.2) is 6.61 Å². The van der Waals surface area contributed by atoms with Crippen LogP contribution in [0.4, 0.5) is 11.4 Å². The molecule has 1 aliphatic rings. The summed E-state index contributed by atoms with van der Waals surface area (Å²) in [5, 5.41) is 3.28. The molecule has 0 aromatic heterocycles. The Morgan fingerprint density at radius 3 is 2.48 bits per heavy atom. The highest BCUT2D eigenvalue weighted by Gasteiger charge is 2.22. The van der Waals surface area contributed by atoms with Crippen LogP contribution < -0.4 is 10.2 Å². The molecule has 1 fully saturated rings. The minimum absolute atomic E-state index is 0.0721. The van der Waals surface area contributed by atoms with Crippen molar-refractivity contribution in [3.63, 3.8) is 0 Å². The van der Waals surface area contributed by atoms with Crippen LogP contribution in [0.15, 0.2) is 42.5 Å². The highest BCUT2D eigenvalue weighted by atomic mass is 35.5. The first-order valence-electron chi connectivity index (χ1n) is 8.26. The summed E-state index contributed by atoms with van der Waals surface area (Å²) >= 11 is 11.8. The van der Waals surface area contributed by atoms with Gasteiger partial charge in [-0.2, -0.15) is 0 Å². The van der Waals surface area contributed by atoms with Crippen LogP contribution in [0.1, 0.15) is 23.2 Å². The molecule has 2 amide bonds. The van der Waals surface area contributed by atoms with E-state index in [2.05, 4.69) is 5.32 Å². The van der Waals surface area contributed by atoms with E-state index >= 15 is 0 Å². The Bertz CT molecular complexity index is 884. The molecule has 0 radical (unpaired) electrons. The third-order valence-corrected chi connectivity index (χ3v) is 4.58. The maximum Gasteiger partial charge on any atom is 0.338 e. The zero-order valence-corrected chi connectivity index (χ0v) is 15.7. The van der Waals surface area contributed by atoms with Crippen LogP contribution in [0, 0.1) is 0 Å². The normalized spacial score (nSPS) is 13.6. The Hall–Kier alpha value is -2.57. The second-order valence-electron chi connectivity index (χ2n) is 5.94. The smallest absolute Gasteiger partial charge is 0.338 e. The number of rotatable bonds is 5. The molecule has 1 aliphatic heterocycles. The van der Waals surface area contributed by atoms with Gasteiger partial charge in [0.05, 0.1) is 16.3 Å². The molecule has 3 rings (SSSR count). The van der Waals surface area contributed by atoms with E-state index in [1.807, 2.05) is 0 Å². The standard InChI is InChI=1S/C19H16Cl2N2O4/c20-13-5-8-16(15(21)10-13)22-17(24)11-27-19(26)12-3-6-14(7-4-12)23-9-1-2-18(23)25/h3-8,10H,1-2,9,11H2,(H,22,24). The number of amides is 2. The van der Waals surface area contributed by atoms with E-state index in [-0.39, 0.29) is 10.9 Å². The fraction of sp³-hybridized carbons (Fsp3) is 0.211. The molecule has 0 atom stereocenters. The average molecular weight is 407 g/mol. The van der Waals surface area contributed by atoms with Gasteiger partial charge in [-0.1, -0.05) is 23.2 Å². The van der Waals surface area contributed by atoms with E-state index in [1.165, 1.54) is 6.07 Å². The summed E-state index contributed by atoms with van der Waals surface area (Å²) in [4.78, 5) is 37.4. The minimum Gasteiger partial charge on any atom is -0.452 e. The zero-order valence-electron chi connectivity index (χ0n) is 14.2. The maximum atomic E-state index is 12.1. The number of nitrogens with one attached hydrogen (secondary N) is 1. The SMILES string of the molecule is O=C(COC(=O)c1ccc(N2CCCC2=O)cc1)Nc1ccc(Cl)cc1Cl. The number of halogens is 2. The lowest BCUT2D eigenvalue weighted by Gasteiger charge is -2.15. The van der Waals surface area contributed by atoms with Gasteiger partial charge < -0.3 is 15.0 Å². The van der Waals surface area contributed by atoms with E-state index in [1.54, 1.807) is 41.3 Å². The highest BCUT2D eigenvalue weighted by Crippen LogP contribution is 2.25. The zero-order chi connectivity index (χ0) is 19.4. The lowest BCUT2D eigenvalue weighted by molar-refractivity contribution is -0.119. The predicted octanol–water partition coefficient (Wildman–Crippen LogP) is 3.92. The van der Waals surface area contributed by atoms with Crippen molar-refractivity contribution in [2.45, 2.75) is 12.8 Å². The number of carbonyl (C=O) groups excluding carboxylic acids is 3. The molecule has 0 spiro atoms. The van der Waals surface area contributed by atoms with Crippen molar-refractivity contribution in [1.82, 2.24) is 0 Å². The second-order valence-corrected chi connectivity index (χ2v) is 6.79. The van der Waals surface area contributed by atoms with Crippen molar-refractivity contribution in [2.75, 3.05) is 23.4 Å². The Morgan fingerprint density at radius 1 is 1.11 bits per heavy atom. The Labute approximate surface area is 166 Å². The predicted molar refractivity (Wildman–Crippen MR) is 103 cm³/mol. The van der Waals surface area contributed by atoms with Gasteiger partial charge >= 0.3 is 5.97 Å². The number of hydrogen-bond donors (Lipinski definition) is 1. The van der Waals surface area contributed by atoms with E-state index < -0.39 is 18.5 Å². The van der Waals surface area contributed by atoms with Gasteiger partial charge in [0, 0.05) is 23.7 Å². The monoisotopic (exact) mass is 406 g/mol. The molecule has 2 aromatic carbocycles. The van der Waals surface area contributed by atoms with Crippen molar-refractivity contribution >= 4 is 52.4 Å². The molecule has 0 saturated carbocycles. The van der Waals surface area contributed by atoms with Crippen LogP contribution in [0.5, 0.6) is 0 Å². The number of esters is 1. The van der Waals surface area contributed by atoms with Gasteiger partial charge in [-0.15, -0.1) is 0 Å². The number of benzene rings is 2. The van der Waals surface area contributed by atoms with Gasteiger partial charge in [-0.25, -0.2) is 4.79 Å². The third kappa shape index (κ3) is 4.78. The van der Waals surface area contributed by atoms with Crippen LogP contribution in [0.25, 0.3) is 0 Å². The molecule has 0 bridgehead atoms.